The monoisotopic (exact) mass is 462 g/mol. The van der Waals surface area contributed by atoms with E-state index in [1.54, 1.807) is 11.8 Å². The quantitative estimate of drug-likeness (QED) is 0.252. The Morgan fingerprint density at radius 2 is 2.08 bits per heavy atom. The summed E-state index contributed by atoms with van der Waals surface area (Å²) in [5, 5.41) is 9.23. The molecule has 5 nitrogen and oxygen atoms in total. The molecule has 0 atom stereocenters. The van der Waals surface area contributed by atoms with Gasteiger partial charge in [-0.15, -0.1) is 35.7 Å². The maximum absolute atomic E-state index is 11.8. The lowest BCUT2D eigenvalue weighted by Gasteiger charge is -2.12. The van der Waals surface area contributed by atoms with E-state index >= 15 is 0 Å². The molecular formula is C17H27IN4OS. The van der Waals surface area contributed by atoms with Gasteiger partial charge >= 0.3 is 0 Å². The molecule has 0 radical (unpaired) electrons. The van der Waals surface area contributed by atoms with Crippen LogP contribution in [0.2, 0.25) is 0 Å². The molecule has 0 spiro atoms. The van der Waals surface area contributed by atoms with E-state index in [9.17, 15) is 4.79 Å². The summed E-state index contributed by atoms with van der Waals surface area (Å²) in [5.41, 5.74) is 2.45. The van der Waals surface area contributed by atoms with E-state index in [1.807, 2.05) is 6.92 Å². The number of amides is 1. The molecule has 1 saturated carbocycles. The molecule has 24 heavy (non-hydrogen) atoms. The van der Waals surface area contributed by atoms with Crippen LogP contribution < -0.4 is 16.0 Å². The second-order valence-electron chi connectivity index (χ2n) is 5.71. The molecule has 7 heteroatoms. The van der Waals surface area contributed by atoms with Crippen molar-refractivity contribution in [3.8, 4) is 0 Å². The fourth-order valence-electron chi connectivity index (χ4n) is 2.16. The van der Waals surface area contributed by atoms with Crippen molar-refractivity contribution in [2.75, 3.05) is 19.3 Å². The highest BCUT2D eigenvalue weighted by Crippen LogP contribution is 2.22. The molecule has 1 aromatic rings. The molecule has 0 aliphatic heterocycles. The summed E-state index contributed by atoms with van der Waals surface area (Å²) in [6.45, 7) is 5.72. The van der Waals surface area contributed by atoms with Gasteiger partial charge < -0.3 is 16.0 Å². The third-order valence-corrected chi connectivity index (χ3v) is 4.37. The zero-order chi connectivity index (χ0) is 16.7. The molecule has 1 aromatic carbocycles. The largest absolute Gasteiger partial charge is 0.357 e. The molecule has 3 N–H and O–H groups in total. The Hall–Kier alpha value is -0.960. The van der Waals surface area contributed by atoms with E-state index in [-0.39, 0.29) is 36.4 Å². The van der Waals surface area contributed by atoms with Crippen LogP contribution in [0.4, 0.5) is 0 Å². The average Bonchev–Trinajstić information content (AvgIpc) is 3.34. The fourth-order valence-corrected chi connectivity index (χ4v) is 2.86. The smallest absolute Gasteiger partial charge is 0.239 e. The number of guanidine groups is 1. The average molecular weight is 462 g/mol. The number of halogens is 1. The van der Waals surface area contributed by atoms with Crippen LogP contribution in [0.25, 0.3) is 0 Å². The lowest BCUT2D eigenvalue weighted by atomic mass is 10.1. The fraction of sp³-hybridized carbons (Fsp3) is 0.529. The minimum Gasteiger partial charge on any atom is -0.357 e. The summed E-state index contributed by atoms with van der Waals surface area (Å²) in [5.74, 6) is 0.698. The van der Waals surface area contributed by atoms with Crippen LogP contribution in [0.1, 0.15) is 30.9 Å². The molecule has 134 valence electrons. The third-order valence-electron chi connectivity index (χ3n) is 3.55. The van der Waals surface area contributed by atoms with Gasteiger partial charge in [0.1, 0.15) is 0 Å². The first-order chi connectivity index (χ1) is 11.1. The number of hydrogen-bond acceptors (Lipinski definition) is 3. The van der Waals surface area contributed by atoms with Crippen molar-refractivity contribution < 1.29 is 4.79 Å². The van der Waals surface area contributed by atoms with Gasteiger partial charge in [-0.25, -0.2) is 4.99 Å². The Bertz CT molecular complexity index is 576. The Morgan fingerprint density at radius 3 is 2.71 bits per heavy atom. The third kappa shape index (κ3) is 7.29. The van der Waals surface area contributed by atoms with Crippen LogP contribution in [0.5, 0.6) is 0 Å². The number of aryl methyl sites for hydroxylation is 1. The first-order valence-electron chi connectivity index (χ1n) is 8.07. The maximum Gasteiger partial charge on any atom is 0.239 e. The summed E-state index contributed by atoms with van der Waals surface area (Å²) in [7, 11) is 0. The van der Waals surface area contributed by atoms with Crippen molar-refractivity contribution in [1.82, 2.24) is 16.0 Å². The van der Waals surface area contributed by atoms with Crippen molar-refractivity contribution in [2.45, 2.75) is 44.2 Å². The van der Waals surface area contributed by atoms with Crippen LogP contribution in [-0.2, 0) is 11.3 Å². The molecule has 0 bridgehead atoms. The number of rotatable bonds is 7. The van der Waals surface area contributed by atoms with E-state index in [1.165, 1.54) is 16.0 Å². The molecule has 0 heterocycles. The zero-order valence-electron chi connectivity index (χ0n) is 14.5. The Labute approximate surface area is 165 Å². The van der Waals surface area contributed by atoms with Crippen LogP contribution in [0.3, 0.4) is 0 Å². The Kier molecular flexibility index (Phi) is 9.50. The van der Waals surface area contributed by atoms with Crippen LogP contribution >= 0.6 is 35.7 Å². The molecule has 1 fully saturated rings. The predicted molar refractivity (Wildman–Crippen MR) is 112 cm³/mol. The SMILES string of the molecule is CCNC(=NCc1ccc(C)cc1SC)NCC(=O)NC1CC1.I. The number of nitrogens with one attached hydrogen (secondary N) is 3. The van der Waals surface area contributed by atoms with Crippen molar-refractivity contribution in [3.63, 3.8) is 0 Å². The van der Waals surface area contributed by atoms with Gasteiger partial charge in [-0.3, -0.25) is 4.79 Å². The molecule has 0 aromatic heterocycles. The molecule has 0 saturated heterocycles. The Balaban J connectivity index is 0.00000288. The zero-order valence-corrected chi connectivity index (χ0v) is 17.7. The number of hydrogen-bond donors (Lipinski definition) is 3. The minimum absolute atomic E-state index is 0. The lowest BCUT2D eigenvalue weighted by Crippen LogP contribution is -2.43. The second-order valence-corrected chi connectivity index (χ2v) is 6.55. The summed E-state index contributed by atoms with van der Waals surface area (Å²) in [4.78, 5) is 17.6. The number of aliphatic imine (C=N–C) groups is 1. The molecule has 1 amide bonds. The highest BCUT2D eigenvalue weighted by Gasteiger charge is 2.22. The van der Waals surface area contributed by atoms with E-state index in [0.717, 1.165) is 19.4 Å². The number of carbonyl (C=O) groups is 1. The van der Waals surface area contributed by atoms with Gasteiger partial charge in [0.2, 0.25) is 5.91 Å². The highest BCUT2D eigenvalue weighted by atomic mass is 127. The van der Waals surface area contributed by atoms with Crippen molar-refractivity contribution in [1.29, 1.82) is 0 Å². The molecule has 1 aliphatic carbocycles. The topological polar surface area (TPSA) is 65.5 Å². The van der Waals surface area contributed by atoms with E-state index < -0.39 is 0 Å². The number of nitrogens with zero attached hydrogens (tertiary/aromatic N) is 1. The second kappa shape index (κ2) is 10.8. The van der Waals surface area contributed by atoms with Crippen molar-refractivity contribution in [2.24, 2.45) is 4.99 Å². The first-order valence-corrected chi connectivity index (χ1v) is 9.30. The summed E-state index contributed by atoms with van der Waals surface area (Å²) >= 11 is 1.73. The predicted octanol–water partition coefficient (Wildman–Crippen LogP) is 2.67. The summed E-state index contributed by atoms with van der Waals surface area (Å²) in [6.07, 6.45) is 4.28. The van der Waals surface area contributed by atoms with Crippen LogP contribution in [0, 0.1) is 6.92 Å². The van der Waals surface area contributed by atoms with Gasteiger partial charge in [0.15, 0.2) is 5.96 Å². The van der Waals surface area contributed by atoms with Crippen molar-refractivity contribution >= 4 is 47.6 Å². The van der Waals surface area contributed by atoms with Gasteiger partial charge in [0.25, 0.3) is 0 Å². The lowest BCUT2D eigenvalue weighted by molar-refractivity contribution is -0.120. The molecular weight excluding hydrogens is 435 g/mol. The first kappa shape index (κ1) is 21.1. The van der Waals surface area contributed by atoms with Gasteiger partial charge in [0, 0.05) is 17.5 Å². The van der Waals surface area contributed by atoms with Crippen molar-refractivity contribution in [3.05, 3.63) is 29.3 Å². The summed E-state index contributed by atoms with van der Waals surface area (Å²) in [6, 6.07) is 6.79. The number of thioether (sulfide) groups is 1. The van der Waals surface area contributed by atoms with E-state index in [2.05, 4.69) is 52.3 Å². The molecule has 2 rings (SSSR count). The number of benzene rings is 1. The van der Waals surface area contributed by atoms with Gasteiger partial charge in [-0.05, 0) is 50.1 Å². The van der Waals surface area contributed by atoms with Crippen LogP contribution in [-0.4, -0.2) is 37.3 Å². The minimum atomic E-state index is 0. The molecule has 1 aliphatic rings. The normalized spacial score (nSPS) is 13.9. The van der Waals surface area contributed by atoms with Gasteiger partial charge in [0.05, 0.1) is 13.1 Å². The summed E-state index contributed by atoms with van der Waals surface area (Å²) < 4.78 is 0. The Morgan fingerprint density at radius 1 is 1.33 bits per heavy atom. The standard InChI is InChI=1S/C17H26N4OS.HI/c1-4-18-17(20-11-16(22)21-14-7-8-14)19-10-13-6-5-12(2)9-15(13)23-3;/h5-6,9,14H,4,7-8,10-11H2,1-3H3,(H,21,22)(H2,18,19,20);1H. The van der Waals surface area contributed by atoms with Gasteiger partial charge in [-0.1, -0.05) is 12.1 Å². The van der Waals surface area contributed by atoms with Gasteiger partial charge in [-0.2, -0.15) is 0 Å². The highest BCUT2D eigenvalue weighted by molar-refractivity contribution is 14.0. The van der Waals surface area contributed by atoms with E-state index in [0.29, 0.717) is 18.5 Å². The maximum atomic E-state index is 11.8. The van der Waals surface area contributed by atoms with E-state index in [4.69, 9.17) is 0 Å². The van der Waals surface area contributed by atoms with Crippen LogP contribution in [0.15, 0.2) is 28.1 Å². The molecule has 0 unspecified atom stereocenters. The number of carbonyl (C=O) groups excluding carboxylic acids is 1.